The maximum absolute atomic E-state index is 12.4. The molecule has 1 N–H and O–H groups in total. The lowest BCUT2D eigenvalue weighted by molar-refractivity contribution is -0.113. The smallest absolute Gasteiger partial charge is 0.234 e. The van der Waals surface area contributed by atoms with Crippen molar-refractivity contribution < 1.29 is 4.79 Å². The number of nitrogens with zero attached hydrogens (tertiary/aromatic N) is 4. The molecule has 1 aliphatic rings. The summed E-state index contributed by atoms with van der Waals surface area (Å²) in [5.74, 6) is 1.04. The number of rotatable bonds is 5. The standard InChI is InChI=1S/C21H25N5OS2/c1-13-6-8-26(9-7-13)21-25-19-18(29-21)20(23-12-22-19)28-11-17(27)24-16-5-4-14(2)15(3)10-16/h4-5,10,12-13H,6-9,11H2,1-3H3,(H,24,27). The number of anilines is 2. The van der Waals surface area contributed by atoms with Crippen molar-refractivity contribution in [3.05, 3.63) is 35.7 Å². The lowest BCUT2D eigenvalue weighted by atomic mass is 10.00. The van der Waals surface area contributed by atoms with Gasteiger partial charge in [-0.25, -0.2) is 9.97 Å². The second kappa shape index (κ2) is 8.67. The Morgan fingerprint density at radius 3 is 2.79 bits per heavy atom. The van der Waals surface area contributed by atoms with Crippen molar-refractivity contribution in [1.29, 1.82) is 0 Å². The van der Waals surface area contributed by atoms with Gasteiger partial charge in [-0.05, 0) is 55.9 Å². The van der Waals surface area contributed by atoms with Crippen LogP contribution in [0.15, 0.2) is 29.6 Å². The highest BCUT2D eigenvalue weighted by Crippen LogP contribution is 2.35. The Balaban J connectivity index is 1.43. The number of hydrogen-bond donors (Lipinski definition) is 1. The highest BCUT2D eigenvalue weighted by atomic mass is 32.2. The normalized spacial score (nSPS) is 15.1. The minimum atomic E-state index is -0.0419. The van der Waals surface area contributed by atoms with Gasteiger partial charge in [0, 0.05) is 18.8 Å². The van der Waals surface area contributed by atoms with Gasteiger partial charge in [0.05, 0.1) is 5.75 Å². The number of carbonyl (C=O) groups excluding carboxylic acids is 1. The molecule has 3 heterocycles. The molecule has 152 valence electrons. The van der Waals surface area contributed by atoms with E-state index in [4.69, 9.17) is 4.98 Å². The molecule has 29 heavy (non-hydrogen) atoms. The lowest BCUT2D eigenvalue weighted by Crippen LogP contribution is -2.32. The van der Waals surface area contributed by atoms with Crippen LogP contribution in [0.25, 0.3) is 10.3 Å². The lowest BCUT2D eigenvalue weighted by Gasteiger charge is -2.29. The van der Waals surface area contributed by atoms with Gasteiger partial charge in [0.15, 0.2) is 10.8 Å². The van der Waals surface area contributed by atoms with Crippen LogP contribution in [0.1, 0.15) is 30.9 Å². The molecule has 0 saturated carbocycles. The van der Waals surface area contributed by atoms with Crippen molar-refractivity contribution in [3.8, 4) is 0 Å². The Labute approximate surface area is 179 Å². The summed E-state index contributed by atoms with van der Waals surface area (Å²) in [6.45, 7) is 8.48. The van der Waals surface area contributed by atoms with Gasteiger partial charge in [0.25, 0.3) is 0 Å². The summed E-state index contributed by atoms with van der Waals surface area (Å²) in [4.78, 5) is 28.2. The monoisotopic (exact) mass is 427 g/mol. The largest absolute Gasteiger partial charge is 0.348 e. The molecule has 1 fully saturated rings. The highest BCUT2D eigenvalue weighted by molar-refractivity contribution is 8.00. The molecule has 0 aliphatic carbocycles. The Hall–Kier alpha value is -2.19. The van der Waals surface area contributed by atoms with Gasteiger partial charge in [-0.15, -0.1) is 0 Å². The molecule has 0 spiro atoms. The summed E-state index contributed by atoms with van der Waals surface area (Å²) in [5, 5.41) is 4.79. The van der Waals surface area contributed by atoms with Gasteiger partial charge >= 0.3 is 0 Å². The Bertz CT molecular complexity index is 1030. The number of amides is 1. The van der Waals surface area contributed by atoms with Crippen molar-refractivity contribution in [3.63, 3.8) is 0 Å². The number of piperidine rings is 1. The number of thiazole rings is 1. The van der Waals surface area contributed by atoms with Crippen molar-refractivity contribution in [2.45, 2.75) is 38.6 Å². The Morgan fingerprint density at radius 2 is 2.03 bits per heavy atom. The third kappa shape index (κ3) is 4.70. The molecule has 1 aromatic carbocycles. The van der Waals surface area contributed by atoms with E-state index in [1.54, 1.807) is 11.3 Å². The van der Waals surface area contributed by atoms with Crippen molar-refractivity contribution in [2.24, 2.45) is 5.92 Å². The zero-order chi connectivity index (χ0) is 20.4. The SMILES string of the molecule is Cc1ccc(NC(=O)CSc2ncnc3nc(N4CCC(C)CC4)sc23)cc1C. The maximum Gasteiger partial charge on any atom is 0.234 e. The summed E-state index contributed by atoms with van der Waals surface area (Å²) in [7, 11) is 0. The number of aromatic nitrogens is 3. The number of nitrogens with one attached hydrogen (secondary N) is 1. The Morgan fingerprint density at radius 1 is 1.24 bits per heavy atom. The molecule has 1 aliphatic heterocycles. The van der Waals surface area contributed by atoms with E-state index < -0.39 is 0 Å². The molecule has 2 aromatic heterocycles. The van der Waals surface area contributed by atoms with Gasteiger partial charge in [0.1, 0.15) is 16.1 Å². The number of carbonyl (C=O) groups is 1. The fourth-order valence-electron chi connectivity index (χ4n) is 3.31. The van der Waals surface area contributed by atoms with Crippen LogP contribution < -0.4 is 10.2 Å². The van der Waals surface area contributed by atoms with Gasteiger partial charge in [-0.3, -0.25) is 4.79 Å². The first-order valence-corrected chi connectivity index (χ1v) is 11.7. The predicted octanol–water partition coefficient (Wildman–Crippen LogP) is 4.67. The van der Waals surface area contributed by atoms with E-state index >= 15 is 0 Å². The number of fused-ring (bicyclic) bond motifs is 1. The molecule has 1 amide bonds. The zero-order valence-electron chi connectivity index (χ0n) is 16.9. The highest BCUT2D eigenvalue weighted by Gasteiger charge is 2.20. The fourth-order valence-corrected chi connectivity index (χ4v) is 5.25. The van der Waals surface area contributed by atoms with Gasteiger partial charge in [-0.1, -0.05) is 36.1 Å². The van der Waals surface area contributed by atoms with Crippen LogP contribution >= 0.6 is 23.1 Å². The molecule has 0 atom stereocenters. The molecule has 6 nitrogen and oxygen atoms in total. The van der Waals surface area contributed by atoms with E-state index in [9.17, 15) is 4.79 Å². The van der Waals surface area contributed by atoms with Crippen molar-refractivity contribution in [2.75, 3.05) is 29.1 Å². The number of aryl methyl sites for hydroxylation is 2. The second-order valence-corrected chi connectivity index (χ2v) is 9.58. The van der Waals surface area contributed by atoms with E-state index in [0.29, 0.717) is 5.75 Å². The molecule has 0 bridgehead atoms. The van der Waals surface area contributed by atoms with Crippen molar-refractivity contribution in [1.82, 2.24) is 15.0 Å². The number of hydrogen-bond acceptors (Lipinski definition) is 7. The fraction of sp³-hybridized carbons (Fsp3) is 0.429. The summed E-state index contributed by atoms with van der Waals surface area (Å²) in [6, 6.07) is 5.95. The van der Waals surface area contributed by atoms with Gasteiger partial charge in [0.2, 0.25) is 5.91 Å². The number of benzene rings is 1. The van der Waals surface area contributed by atoms with Crippen LogP contribution in [0, 0.1) is 19.8 Å². The van der Waals surface area contributed by atoms with Crippen LogP contribution in [0.5, 0.6) is 0 Å². The zero-order valence-corrected chi connectivity index (χ0v) is 18.6. The van der Waals surface area contributed by atoms with Crippen LogP contribution in [0.4, 0.5) is 10.8 Å². The average Bonchev–Trinajstić information content (AvgIpc) is 3.14. The third-order valence-electron chi connectivity index (χ3n) is 5.33. The average molecular weight is 428 g/mol. The van der Waals surface area contributed by atoms with Gasteiger partial charge < -0.3 is 10.2 Å². The first-order chi connectivity index (χ1) is 14.0. The van der Waals surface area contributed by atoms with E-state index in [0.717, 1.165) is 50.8 Å². The minimum Gasteiger partial charge on any atom is -0.348 e. The summed E-state index contributed by atoms with van der Waals surface area (Å²) >= 11 is 3.06. The molecular formula is C21H25N5OS2. The first-order valence-electron chi connectivity index (χ1n) is 9.86. The van der Waals surface area contributed by atoms with Crippen LogP contribution in [0.3, 0.4) is 0 Å². The van der Waals surface area contributed by atoms with Crippen LogP contribution in [-0.4, -0.2) is 39.7 Å². The van der Waals surface area contributed by atoms with E-state index in [2.05, 4.69) is 34.0 Å². The molecule has 0 radical (unpaired) electrons. The Kier molecular flexibility index (Phi) is 6.01. The van der Waals surface area contributed by atoms with Crippen LogP contribution in [0.2, 0.25) is 0 Å². The minimum absolute atomic E-state index is 0.0419. The quantitative estimate of drug-likeness (QED) is 0.471. The molecule has 4 rings (SSSR count). The van der Waals surface area contributed by atoms with E-state index in [-0.39, 0.29) is 5.91 Å². The molecule has 3 aromatic rings. The molecule has 0 unspecified atom stereocenters. The summed E-state index contributed by atoms with van der Waals surface area (Å²) < 4.78 is 0.963. The first kappa shape index (κ1) is 20.1. The predicted molar refractivity (Wildman–Crippen MR) is 121 cm³/mol. The molecule has 1 saturated heterocycles. The third-order valence-corrected chi connectivity index (χ3v) is 7.56. The maximum atomic E-state index is 12.4. The van der Waals surface area contributed by atoms with Crippen molar-refractivity contribution >= 4 is 50.2 Å². The van der Waals surface area contributed by atoms with Crippen LogP contribution in [-0.2, 0) is 4.79 Å². The molecule has 8 heteroatoms. The topological polar surface area (TPSA) is 71.0 Å². The second-order valence-electron chi connectivity index (χ2n) is 7.63. The number of thioether (sulfide) groups is 1. The summed E-state index contributed by atoms with van der Waals surface area (Å²) in [5.41, 5.74) is 3.92. The van der Waals surface area contributed by atoms with E-state index in [1.165, 1.54) is 36.5 Å². The van der Waals surface area contributed by atoms with E-state index in [1.807, 2.05) is 25.1 Å². The molecular weight excluding hydrogens is 402 g/mol. The summed E-state index contributed by atoms with van der Waals surface area (Å²) in [6.07, 6.45) is 3.93. The van der Waals surface area contributed by atoms with Gasteiger partial charge in [-0.2, -0.15) is 4.98 Å².